The lowest BCUT2D eigenvalue weighted by atomic mass is 10.2. The minimum absolute atomic E-state index is 0.601. The summed E-state index contributed by atoms with van der Waals surface area (Å²) in [5, 5.41) is 13.0. The summed E-state index contributed by atoms with van der Waals surface area (Å²) < 4.78 is 9.22. The van der Waals surface area contributed by atoms with Crippen molar-refractivity contribution in [3.63, 3.8) is 0 Å². The third-order valence-corrected chi connectivity index (χ3v) is 3.35. The number of nitrogens with one attached hydrogen (secondary N) is 1. The predicted molar refractivity (Wildman–Crippen MR) is 72.0 cm³/mol. The number of aromatic nitrogens is 1. The molecule has 92 valence electrons. The van der Waals surface area contributed by atoms with E-state index in [4.69, 9.17) is 10.00 Å². The monoisotopic (exact) mass is 259 g/mol. The van der Waals surface area contributed by atoms with Crippen molar-refractivity contribution in [2.75, 3.05) is 12.4 Å². The summed E-state index contributed by atoms with van der Waals surface area (Å²) in [6.45, 7) is 2.44. The summed E-state index contributed by atoms with van der Waals surface area (Å²) in [7, 11) is 1.67. The van der Waals surface area contributed by atoms with Crippen LogP contribution in [0.3, 0.4) is 0 Å². The van der Waals surface area contributed by atoms with Crippen LogP contribution in [0.5, 0.6) is 0 Å². The molecule has 0 fully saturated rings. The minimum atomic E-state index is 0.601. The van der Waals surface area contributed by atoms with E-state index in [0.29, 0.717) is 12.2 Å². The molecule has 5 heteroatoms. The average molecular weight is 259 g/mol. The fourth-order valence-corrected chi connectivity index (χ4v) is 2.34. The zero-order valence-electron chi connectivity index (χ0n) is 10.2. The molecule has 0 spiro atoms. The maximum Gasteiger partial charge on any atom is 0.132 e. The highest BCUT2D eigenvalue weighted by molar-refractivity contribution is 7.10. The van der Waals surface area contributed by atoms with Crippen LogP contribution in [0.15, 0.2) is 24.3 Å². The summed E-state index contributed by atoms with van der Waals surface area (Å²) in [4.78, 5) is 0. The first-order chi connectivity index (χ1) is 8.74. The number of aryl methyl sites for hydroxylation is 1. The van der Waals surface area contributed by atoms with E-state index in [1.54, 1.807) is 7.11 Å². The standard InChI is InChI=1S/C13H13N3OS/c1-9-12(7-14)13(18-16-9)15-11-5-3-10(4-6-11)8-17-2/h3-6,15H,8H2,1-2H3. The number of rotatable bonds is 4. The van der Waals surface area contributed by atoms with Crippen molar-refractivity contribution in [1.29, 1.82) is 5.26 Å². The van der Waals surface area contributed by atoms with Gasteiger partial charge < -0.3 is 10.1 Å². The molecule has 4 nitrogen and oxygen atoms in total. The second-order valence-corrected chi connectivity index (χ2v) is 4.61. The van der Waals surface area contributed by atoms with E-state index in [0.717, 1.165) is 21.9 Å². The molecule has 0 aliphatic carbocycles. The van der Waals surface area contributed by atoms with Gasteiger partial charge in [0.1, 0.15) is 16.6 Å². The van der Waals surface area contributed by atoms with Gasteiger partial charge in [0, 0.05) is 12.8 Å². The van der Waals surface area contributed by atoms with Gasteiger partial charge in [-0.15, -0.1) is 0 Å². The van der Waals surface area contributed by atoms with Crippen LogP contribution in [0.4, 0.5) is 10.7 Å². The molecule has 2 aromatic rings. The van der Waals surface area contributed by atoms with Gasteiger partial charge >= 0.3 is 0 Å². The number of anilines is 2. The normalized spacial score (nSPS) is 10.1. The van der Waals surface area contributed by atoms with Crippen LogP contribution in [-0.2, 0) is 11.3 Å². The molecule has 0 unspecified atom stereocenters. The molecular weight excluding hydrogens is 246 g/mol. The number of ether oxygens (including phenoxy) is 1. The highest BCUT2D eigenvalue weighted by Crippen LogP contribution is 2.27. The van der Waals surface area contributed by atoms with Crippen LogP contribution in [0.2, 0.25) is 0 Å². The fourth-order valence-electron chi connectivity index (χ4n) is 1.57. The molecule has 1 aromatic carbocycles. The van der Waals surface area contributed by atoms with Gasteiger partial charge in [-0.2, -0.15) is 9.64 Å². The van der Waals surface area contributed by atoms with Gasteiger partial charge in [0.05, 0.1) is 12.3 Å². The summed E-state index contributed by atoms with van der Waals surface area (Å²) in [5.74, 6) is 0. The van der Waals surface area contributed by atoms with Crippen molar-refractivity contribution in [2.45, 2.75) is 13.5 Å². The van der Waals surface area contributed by atoms with Gasteiger partial charge in [0.2, 0.25) is 0 Å². The highest BCUT2D eigenvalue weighted by Gasteiger charge is 2.09. The second kappa shape index (κ2) is 5.63. The van der Waals surface area contributed by atoms with Gasteiger partial charge in [-0.05, 0) is 36.2 Å². The van der Waals surface area contributed by atoms with E-state index in [-0.39, 0.29) is 0 Å². The van der Waals surface area contributed by atoms with E-state index < -0.39 is 0 Å². The Labute approximate surface area is 110 Å². The second-order valence-electron chi connectivity index (χ2n) is 3.84. The topological polar surface area (TPSA) is 57.9 Å². The zero-order chi connectivity index (χ0) is 13.0. The van der Waals surface area contributed by atoms with Gasteiger partial charge in [-0.3, -0.25) is 0 Å². The number of methoxy groups -OCH3 is 1. The average Bonchev–Trinajstić information content (AvgIpc) is 2.72. The van der Waals surface area contributed by atoms with Crippen molar-refractivity contribution in [3.05, 3.63) is 41.1 Å². The summed E-state index contributed by atoms with van der Waals surface area (Å²) >= 11 is 1.30. The first kappa shape index (κ1) is 12.6. The molecule has 1 N–H and O–H groups in total. The van der Waals surface area contributed by atoms with E-state index in [9.17, 15) is 0 Å². The molecule has 1 aromatic heterocycles. The van der Waals surface area contributed by atoms with Crippen molar-refractivity contribution in [3.8, 4) is 6.07 Å². The predicted octanol–water partition coefficient (Wildman–Crippen LogP) is 3.21. The smallest absolute Gasteiger partial charge is 0.132 e. The van der Waals surface area contributed by atoms with Gasteiger partial charge in [0.25, 0.3) is 0 Å². The van der Waals surface area contributed by atoms with Crippen molar-refractivity contribution in [2.24, 2.45) is 0 Å². The first-order valence-corrected chi connectivity index (χ1v) is 6.23. The summed E-state index contributed by atoms with van der Waals surface area (Å²) in [5.41, 5.74) is 3.43. The molecule has 0 radical (unpaired) electrons. The maximum atomic E-state index is 9.04. The lowest BCUT2D eigenvalue weighted by Gasteiger charge is -2.05. The van der Waals surface area contributed by atoms with Crippen LogP contribution in [0, 0.1) is 18.3 Å². The summed E-state index contributed by atoms with van der Waals surface area (Å²) in [6, 6.07) is 10.1. The van der Waals surface area contributed by atoms with Gasteiger partial charge in [-0.25, -0.2) is 0 Å². The molecule has 0 amide bonds. The van der Waals surface area contributed by atoms with Crippen molar-refractivity contribution < 1.29 is 4.74 Å². The number of hydrogen-bond donors (Lipinski definition) is 1. The third-order valence-electron chi connectivity index (χ3n) is 2.50. The zero-order valence-corrected chi connectivity index (χ0v) is 11.0. The SMILES string of the molecule is COCc1ccc(Nc2snc(C)c2C#N)cc1. The Morgan fingerprint density at radius 3 is 2.72 bits per heavy atom. The fraction of sp³-hybridized carbons (Fsp3) is 0.231. The van der Waals surface area contributed by atoms with E-state index in [1.807, 2.05) is 31.2 Å². The number of hydrogen-bond acceptors (Lipinski definition) is 5. The molecule has 0 atom stereocenters. The van der Waals surface area contributed by atoms with E-state index in [2.05, 4.69) is 15.8 Å². The van der Waals surface area contributed by atoms with Crippen LogP contribution < -0.4 is 5.32 Å². The van der Waals surface area contributed by atoms with Gasteiger partial charge in [0.15, 0.2) is 0 Å². The molecule has 0 saturated carbocycles. The molecule has 1 heterocycles. The summed E-state index contributed by atoms with van der Waals surface area (Å²) in [6.07, 6.45) is 0. The molecule has 0 bridgehead atoms. The van der Waals surface area contributed by atoms with Crippen LogP contribution in [0.1, 0.15) is 16.8 Å². The Bertz CT molecular complexity index is 569. The Kier molecular flexibility index (Phi) is 3.92. The first-order valence-electron chi connectivity index (χ1n) is 5.46. The Hall–Kier alpha value is -1.90. The molecule has 0 aliphatic heterocycles. The Balaban J connectivity index is 2.16. The maximum absolute atomic E-state index is 9.04. The number of nitriles is 1. The van der Waals surface area contributed by atoms with Gasteiger partial charge in [-0.1, -0.05) is 12.1 Å². The minimum Gasteiger partial charge on any atom is -0.380 e. The Morgan fingerprint density at radius 1 is 1.39 bits per heavy atom. The van der Waals surface area contributed by atoms with E-state index >= 15 is 0 Å². The molecule has 2 rings (SSSR count). The number of benzene rings is 1. The quantitative estimate of drug-likeness (QED) is 0.916. The highest BCUT2D eigenvalue weighted by atomic mass is 32.1. The number of nitrogens with zero attached hydrogens (tertiary/aromatic N) is 2. The largest absolute Gasteiger partial charge is 0.380 e. The molecule has 0 saturated heterocycles. The Morgan fingerprint density at radius 2 is 2.11 bits per heavy atom. The van der Waals surface area contributed by atoms with Crippen molar-refractivity contribution >= 4 is 22.2 Å². The van der Waals surface area contributed by atoms with E-state index in [1.165, 1.54) is 11.5 Å². The lowest BCUT2D eigenvalue weighted by Crippen LogP contribution is -1.92. The molecule has 0 aliphatic rings. The third kappa shape index (κ3) is 2.67. The van der Waals surface area contributed by atoms with Crippen LogP contribution in [0.25, 0.3) is 0 Å². The molecular formula is C13H13N3OS. The lowest BCUT2D eigenvalue weighted by molar-refractivity contribution is 0.185. The van der Waals surface area contributed by atoms with Crippen LogP contribution >= 0.6 is 11.5 Å². The van der Waals surface area contributed by atoms with Crippen molar-refractivity contribution in [1.82, 2.24) is 4.37 Å². The molecule has 18 heavy (non-hydrogen) atoms. The van der Waals surface area contributed by atoms with Crippen LogP contribution in [-0.4, -0.2) is 11.5 Å².